The van der Waals surface area contributed by atoms with Crippen LogP contribution in [0.15, 0.2) is 18.3 Å². The van der Waals surface area contributed by atoms with E-state index in [1.54, 1.807) is 12.3 Å². The van der Waals surface area contributed by atoms with Crippen LogP contribution in [0.2, 0.25) is 0 Å². The molecule has 0 aliphatic heterocycles. The van der Waals surface area contributed by atoms with Crippen LogP contribution in [-0.4, -0.2) is 41.6 Å². The van der Waals surface area contributed by atoms with E-state index in [0.29, 0.717) is 35.6 Å². The van der Waals surface area contributed by atoms with Gasteiger partial charge in [-0.1, -0.05) is 24.7 Å². The molecule has 2 N–H and O–H groups in total. The summed E-state index contributed by atoms with van der Waals surface area (Å²) in [5, 5.41) is 10.3. The first-order valence-electron chi connectivity index (χ1n) is 15.9. The lowest BCUT2D eigenvalue weighted by Gasteiger charge is -2.25. The Morgan fingerprint density at radius 2 is 1.84 bits per heavy atom. The highest BCUT2D eigenvalue weighted by Crippen LogP contribution is 2.36. The number of benzene rings is 1. The van der Waals surface area contributed by atoms with Crippen LogP contribution in [0.1, 0.15) is 114 Å². The zero-order valence-corrected chi connectivity index (χ0v) is 25.8. The monoisotopic (exact) mass is 587 g/mol. The summed E-state index contributed by atoms with van der Waals surface area (Å²) in [7, 11) is 0. The van der Waals surface area contributed by atoms with Crippen LogP contribution in [0.25, 0.3) is 10.8 Å². The third kappa shape index (κ3) is 9.18. The topological polar surface area (TPSA) is 125 Å². The summed E-state index contributed by atoms with van der Waals surface area (Å²) in [6, 6.07) is 5.53. The van der Waals surface area contributed by atoms with Gasteiger partial charge < -0.3 is 19.9 Å². The highest BCUT2D eigenvalue weighted by molar-refractivity contribution is 6.03. The highest BCUT2D eigenvalue weighted by Gasteiger charge is 2.25. The van der Waals surface area contributed by atoms with Crippen molar-refractivity contribution in [2.24, 2.45) is 17.6 Å². The quantitative estimate of drug-likeness (QED) is 0.230. The van der Waals surface area contributed by atoms with Crippen molar-refractivity contribution in [3.63, 3.8) is 0 Å². The molecule has 1 heterocycles. The van der Waals surface area contributed by atoms with E-state index in [0.717, 1.165) is 87.2 Å². The van der Waals surface area contributed by atoms with Gasteiger partial charge >= 0.3 is 0 Å². The maximum Gasteiger partial charge on any atom is 0.252 e. The van der Waals surface area contributed by atoms with Crippen LogP contribution in [0.4, 0.5) is 0 Å². The molecular weight excluding hydrogens is 542 g/mol. The lowest BCUT2D eigenvalue weighted by atomic mass is 9.87. The molecule has 8 heteroatoms. The average molecular weight is 588 g/mol. The number of amides is 1. The first-order chi connectivity index (χ1) is 20.8. The molecule has 230 valence electrons. The highest BCUT2D eigenvalue weighted by atomic mass is 16.5. The number of ketones is 1. The number of Topliss-reactive ketones (excluding diaryl/α,β-unsaturated/α-hetero) is 1. The van der Waals surface area contributed by atoms with Crippen LogP contribution < -0.4 is 15.2 Å². The Kier molecular flexibility index (Phi) is 11.8. The first kappa shape index (κ1) is 32.3. The molecule has 2 atom stereocenters. The molecule has 1 aromatic heterocycles. The third-order valence-corrected chi connectivity index (χ3v) is 8.44. The Morgan fingerprint density at radius 1 is 1.07 bits per heavy atom. The van der Waals surface area contributed by atoms with Crippen molar-refractivity contribution in [2.75, 3.05) is 6.61 Å². The molecule has 2 saturated carbocycles. The molecule has 4 rings (SSSR count). The number of primary amides is 1. The van der Waals surface area contributed by atoms with E-state index in [2.05, 4.69) is 11.8 Å². The lowest BCUT2D eigenvalue weighted by molar-refractivity contribution is -0.118. The van der Waals surface area contributed by atoms with E-state index in [-0.39, 0.29) is 30.3 Å². The number of hydrogen-bond acceptors (Lipinski definition) is 7. The molecule has 8 nitrogen and oxygen atoms in total. The van der Waals surface area contributed by atoms with Crippen LogP contribution >= 0.6 is 0 Å². The average Bonchev–Trinajstić information content (AvgIpc) is 3.21. The molecule has 2 fully saturated rings. The number of aromatic nitrogens is 1. The van der Waals surface area contributed by atoms with Crippen molar-refractivity contribution in [3.8, 4) is 29.5 Å². The van der Waals surface area contributed by atoms with Crippen molar-refractivity contribution in [1.82, 2.24) is 4.98 Å². The fourth-order valence-electron chi connectivity index (χ4n) is 6.25. The number of nitriles is 1. The number of rotatable bonds is 11. The summed E-state index contributed by atoms with van der Waals surface area (Å²) in [5.41, 5.74) is 6.82. The molecule has 0 saturated heterocycles. The normalized spacial score (nSPS) is 22.2. The molecule has 1 unspecified atom stereocenters. The largest absolute Gasteiger partial charge is 0.490 e. The van der Waals surface area contributed by atoms with E-state index < -0.39 is 5.91 Å². The molecule has 1 aromatic carbocycles. The lowest BCUT2D eigenvalue weighted by Crippen LogP contribution is -2.21. The van der Waals surface area contributed by atoms with E-state index in [1.807, 2.05) is 32.9 Å². The summed E-state index contributed by atoms with van der Waals surface area (Å²) in [6.07, 6.45) is 11.9. The summed E-state index contributed by atoms with van der Waals surface area (Å²) in [4.78, 5) is 29.2. The van der Waals surface area contributed by atoms with Gasteiger partial charge in [0.15, 0.2) is 0 Å². The second-order valence-corrected chi connectivity index (χ2v) is 12.1. The number of nitrogens with zero attached hydrogens (tertiary/aromatic N) is 2. The number of carbonyl (C=O) groups excluding carboxylic acids is 2. The number of fused-ring (bicyclic) bond motifs is 1. The summed E-state index contributed by atoms with van der Waals surface area (Å²) >= 11 is 0. The van der Waals surface area contributed by atoms with Crippen LogP contribution in [0.5, 0.6) is 11.6 Å². The zero-order chi connectivity index (χ0) is 30.8. The Balaban J connectivity index is 1.64. The maximum atomic E-state index is 12.5. The predicted molar refractivity (Wildman–Crippen MR) is 166 cm³/mol. The van der Waals surface area contributed by atoms with E-state index in [1.165, 1.54) is 0 Å². The molecule has 0 radical (unpaired) electrons. The molecule has 2 aliphatic carbocycles. The van der Waals surface area contributed by atoms with E-state index in [4.69, 9.17) is 30.2 Å². The minimum atomic E-state index is -0.567. The van der Waals surface area contributed by atoms with Gasteiger partial charge in [0.25, 0.3) is 5.91 Å². The predicted octanol–water partition coefficient (Wildman–Crippen LogP) is 6.66. The van der Waals surface area contributed by atoms with Crippen molar-refractivity contribution < 1.29 is 23.8 Å². The number of hydrogen-bond donors (Lipinski definition) is 1. The van der Waals surface area contributed by atoms with Crippen LogP contribution in [0, 0.1) is 35.0 Å². The molecule has 1 amide bonds. The summed E-state index contributed by atoms with van der Waals surface area (Å²) in [6.45, 7) is 6.58. The number of carbonyl (C=O) groups is 2. The fraction of sp³-hybridized carbons (Fsp3) is 0.600. The number of pyridine rings is 1. The SMILES string of the molecule is CCOC1CCC(C#Cc2cnc(O[C@@H]3CCCCC(CCC(=O)CC#N)C3)c3cc(OC(C)C)c(C(N)=O)cc23)CC1. The molecule has 0 spiro atoms. The Morgan fingerprint density at radius 3 is 2.53 bits per heavy atom. The summed E-state index contributed by atoms with van der Waals surface area (Å²) in [5.74, 6) is 7.76. The van der Waals surface area contributed by atoms with Gasteiger partial charge in [0.05, 0.1) is 35.8 Å². The Labute approximate surface area is 255 Å². The Hall–Kier alpha value is -3.62. The Bertz CT molecular complexity index is 1380. The van der Waals surface area contributed by atoms with E-state index in [9.17, 15) is 9.59 Å². The van der Waals surface area contributed by atoms with Gasteiger partial charge in [-0.3, -0.25) is 9.59 Å². The first-order valence-corrected chi connectivity index (χ1v) is 15.9. The van der Waals surface area contributed by atoms with Gasteiger partial charge in [-0.25, -0.2) is 4.98 Å². The second kappa shape index (κ2) is 15.7. The zero-order valence-electron chi connectivity index (χ0n) is 25.8. The van der Waals surface area contributed by atoms with Gasteiger partial charge in [0.2, 0.25) is 5.88 Å². The van der Waals surface area contributed by atoms with Gasteiger partial charge in [-0.15, -0.1) is 0 Å². The minimum Gasteiger partial charge on any atom is -0.490 e. The molecular formula is C35H45N3O5. The second-order valence-electron chi connectivity index (χ2n) is 12.1. The standard InChI is InChI=1S/C35H45N3O5/c1-4-41-28-15-11-24(12-16-28)9-13-26-22-38-35(31-21-33(42-23(2)3)32(34(37)40)20-30(26)31)43-29-8-6-5-7-25(19-29)10-14-27(39)17-18-36/h20-25,28-29H,4-8,10-12,14-17,19H2,1-3H3,(H2,37,40)/t24?,25?,28?,29-/m1/s1. The smallest absolute Gasteiger partial charge is 0.252 e. The summed E-state index contributed by atoms with van der Waals surface area (Å²) < 4.78 is 18.4. The minimum absolute atomic E-state index is 0.00107. The van der Waals surface area contributed by atoms with Crippen LogP contribution in [0.3, 0.4) is 0 Å². The van der Waals surface area contributed by atoms with Crippen molar-refractivity contribution in [3.05, 3.63) is 29.5 Å². The van der Waals surface area contributed by atoms with Crippen molar-refractivity contribution in [1.29, 1.82) is 5.26 Å². The van der Waals surface area contributed by atoms with Crippen molar-refractivity contribution in [2.45, 2.75) is 116 Å². The fourth-order valence-corrected chi connectivity index (χ4v) is 6.25. The number of nitrogens with two attached hydrogens (primary N) is 1. The molecule has 2 aliphatic rings. The van der Waals surface area contributed by atoms with E-state index >= 15 is 0 Å². The third-order valence-electron chi connectivity index (χ3n) is 8.44. The van der Waals surface area contributed by atoms with Gasteiger partial charge in [0, 0.05) is 35.9 Å². The van der Waals surface area contributed by atoms with Gasteiger partial charge in [-0.2, -0.15) is 5.26 Å². The van der Waals surface area contributed by atoms with Gasteiger partial charge in [-0.05, 0) is 90.2 Å². The number of ether oxygens (including phenoxy) is 3. The van der Waals surface area contributed by atoms with Crippen molar-refractivity contribution >= 4 is 22.5 Å². The molecule has 43 heavy (non-hydrogen) atoms. The molecule has 2 aromatic rings. The van der Waals surface area contributed by atoms with Crippen LogP contribution in [-0.2, 0) is 9.53 Å². The molecule has 0 bridgehead atoms. The maximum absolute atomic E-state index is 12.5. The van der Waals surface area contributed by atoms with Gasteiger partial charge in [0.1, 0.15) is 17.6 Å².